The molecule has 1 unspecified atom stereocenters. The number of nitrogens with one attached hydrogen (secondary N) is 1. The molecule has 2 atom stereocenters. The van der Waals surface area contributed by atoms with Gasteiger partial charge in [0.2, 0.25) is 11.8 Å². The van der Waals surface area contributed by atoms with Crippen LogP contribution in [0.1, 0.15) is 51.5 Å². The Morgan fingerprint density at radius 2 is 2.03 bits per heavy atom. The van der Waals surface area contributed by atoms with Gasteiger partial charge in [0.15, 0.2) is 5.58 Å². The van der Waals surface area contributed by atoms with Crippen LogP contribution in [0.15, 0.2) is 53.2 Å². The van der Waals surface area contributed by atoms with Crippen LogP contribution in [0, 0.1) is 0 Å². The lowest BCUT2D eigenvalue weighted by molar-refractivity contribution is -0.121. The van der Waals surface area contributed by atoms with E-state index in [9.17, 15) is 4.79 Å². The number of benzene rings is 1. The number of nitrogens with zero attached hydrogens (tertiary/aromatic N) is 5. The van der Waals surface area contributed by atoms with Crippen molar-refractivity contribution in [2.45, 2.75) is 57.5 Å². The first kappa shape index (κ1) is 20.4. The number of amides is 1. The molecule has 5 rings (SSSR count). The van der Waals surface area contributed by atoms with E-state index in [0.717, 1.165) is 60.2 Å². The van der Waals surface area contributed by atoms with Crippen molar-refractivity contribution in [1.82, 2.24) is 30.3 Å². The van der Waals surface area contributed by atoms with Crippen LogP contribution >= 0.6 is 0 Å². The van der Waals surface area contributed by atoms with Gasteiger partial charge in [0.25, 0.3) is 0 Å². The van der Waals surface area contributed by atoms with Gasteiger partial charge in [0.05, 0.1) is 23.5 Å². The Morgan fingerprint density at radius 3 is 2.84 bits per heavy atom. The molecular formula is C24H26N6O2. The van der Waals surface area contributed by atoms with Crippen LogP contribution in [0.25, 0.3) is 33.9 Å². The number of hydrogen-bond donors (Lipinski definition) is 1. The van der Waals surface area contributed by atoms with Gasteiger partial charge < -0.3 is 9.73 Å². The predicted molar refractivity (Wildman–Crippen MR) is 121 cm³/mol. The van der Waals surface area contributed by atoms with E-state index in [1.54, 1.807) is 12.4 Å². The molecule has 1 amide bonds. The number of hydrogen-bond acceptors (Lipinski definition) is 6. The van der Waals surface area contributed by atoms with E-state index in [1.807, 2.05) is 48.0 Å². The molecule has 0 aliphatic heterocycles. The van der Waals surface area contributed by atoms with Gasteiger partial charge in [0.1, 0.15) is 11.2 Å². The summed E-state index contributed by atoms with van der Waals surface area (Å²) in [4.78, 5) is 21.0. The van der Waals surface area contributed by atoms with Crippen molar-refractivity contribution in [3.8, 4) is 22.8 Å². The first-order valence-electron chi connectivity index (χ1n) is 11.2. The fraction of sp³-hybridized carbons (Fsp3) is 0.375. The van der Waals surface area contributed by atoms with Crippen molar-refractivity contribution >= 4 is 17.0 Å². The molecule has 0 bridgehead atoms. The van der Waals surface area contributed by atoms with Crippen LogP contribution in [0.5, 0.6) is 0 Å². The molecule has 1 aliphatic carbocycles. The van der Waals surface area contributed by atoms with E-state index in [1.165, 1.54) is 0 Å². The predicted octanol–water partition coefficient (Wildman–Crippen LogP) is 4.55. The van der Waals surface area contributed by atoms with Gasteiger partial charge in [-0.05, 0) is 56.4 Å². The van der Waals surface area contributed by atoms with Crippen molar-refractivity contribution < 1.29 is 9.21 Å². The summed E-state index contributed by atoms with van der Waals surface area (Å²) in [7, 11) is 0. The molecule has 1 aromatic carbocycles. The van der Waals surface area contributed by atoms with E-state index in [0.29, 0.717) is 12.3 Å². The first-order valence-corrected chi connectivity index (χ1v) is 11.2. The number of carbonyl (C=O) groups is 1. The zero-order valence-electron chi connectivity index (χ0n) is 18.1. The zero-order chi connectivity index (χ0) is 21.9. The van der Waals surface area contributed by atoms with E-state index >= 15 is 0 Å². The maximum absolute atomic E-state index is 11.8. The molecule has 3 aromatic heterocycles. The Labute approximate surface area is 186 Å². The highest BCUT2D eigenvalue weighted by Crippen LogP contribution is 2.31. The average Bonchev–Trinajstić information content (AvgIpc) is 3.42. The number of carbonyl (C=O) groups excluding carboxylic acids is 1. The van der Waals surface area contributed by atoms with Crippen molar-refractivity contribution in [2.24, 2.45) is 0 Å². The van der Waals surface area contributed by atoms with Gasteiger partial charge >= 0.3 is 0 Å². The van der Waals surface area contributed by atoms with Gasteiger partial charge in [-0.3, -0.25) is 9.78 Å². The molecule has 32 heavy (non-hydrogen) atoms. The summed E-state index contributed by atoms with van der Waals surface area (Å²) in [6.45, 7) is 1.89. The van der Waals surface area contributed by atoms with E-state index in [4.69, 9.17) is 4.42 Å². The molecule has 0 saturated heterocycles. The number of aromatic nitrogens is 5. The molecule has 3 heterocycles. The second-order valence-corrected chi connectivity index (χ2v) is 8.26. The fourth-order valence-corrected chi connectivity index (χ4v) is 4.37. The Bertz CT molecular complexity index is 1180. The summed E-state index contributed by atoms with van der Waals surface area (Å²) >= 11 is 0. The maximum atomic E-state index is 11.8. The Hall–Kier alpha value is -3.55. The minimum absolute atomic E-state index is 0.123. The maximum Gasteiger partial charge on any atom is 0.228 e. The van der Waals surface area contributed by atoms with Crippen molar-refractivity contribution in [3.63, 3.8) is 0 Å². The van der Waals surface area contributed by atoms with E-state index in [2.05, 4.69) is 25.6 Å². The molecule has 1 aliphatic rings. The third-order valence-corrected chi connectivity index (χ3v) is 6.11. The quantitative estimate of drug-likeness (QED) is 0.467. The van der Waals surface area contributed by atoms with Crippen molar-refractivity contribution in [1.29, 1.82) is 0 Å². The standard InChI is InChI=1S/C24H26N6O2/c1-2-23(31)27-17-6-5-7-18(12-11-17)30-21(15-26-29-30)19-13-10-16(14-25-19)24-28-20-8-3-4-9-22(20)32-24/h3-4,8-10,13-15,17-18H,2,5-7,11-12H2,1H3,(H,27,31)/t17-,18?/m0/s1. The smallest absolute Gasteiger partial charge is 0.228 e. The van der Waals surface area contributed by atoms with Crippen LogP contribution in [0.4, 0.5) is 0 Å². The number of rotatable bonds is 5. The second kappa shape index (κ2) is 8.90. The van der Waals surface area contributed by atoms with Crippen LogP contribution in [-0.2, 0) is 4.79 Å². The van der Waals surface area contributed by atoms with Crippen LogP contribution in [0.2, 0.25) is 0 Å². The summed E-state index contributed by atoms with van der Waals surface area (Å²) in [5, 5.41) is 11.7. The van der Waals surface area contributed by atoms with E-state index < -0.39 is 0 Å². The molecule has 0 spiro atoms. The first-order chi connectivity index (χ1) is 15.7. The summed E-state index contributed by atoms with van der Waals surface area (Å²) < 4.78 is 7.84. The molecule has 8 nitrogen and oxygen atoms in total. The van der Waals surface area contributed by atoms with Crippen LogP contribution < -0.4 is 5.32 Å². The number of para-hydroxylation sites is 2. The second-order valence-electron chi connectivity index (χ2n) is 8.26. The molecular weight excluding hydrogens is 404 g/mol. The van der Waals surface area contributed by atoms with Gasteiger partial charge in [0, 0.05) is 18.7 Å². The zero-order valence-corrected chi connectivity index (χ0v) is 18.1. The lowest BCUT2D eigenvalue weighted by atomic mass is 10.1. The summed E-state index contributed by atoms with van der Waals surface area (Å²) in [5.41, 5.74) is 4.13. The SMILES string of the molecule is CCC(=O)N[C@H]1CCCC(n2nncc2-c2ccc(-c3nc4ccccc4o3)cn2)CC1. The molecule has 1 N–H and O–H groups in total. The minimum atomic E-state index is 0.123. The third-order valence-electron chi connectivity index (χ3n) is 6.11. The van der Waals surface area contributed by atoms with Crippen LogP contribution in [0.3, 0.4) is 0 Å². The number of fused-ring (bicyclic) bond motifs is 1. The lowest BCUT2D eigenvalue weighted by Crippen LogP contribution is -2.33. The highest BCUT2D eigenvalue weighted by molar-refractivity contribution is 5.76. The van der Waals surface area contributed by atoms with Gasteiger partial charge in [-0.15, -0.1) is 5.10 Å². The summed E-state index contributed by atoms with van der Waals surface area (Å²) in [6.07, 6.45) is 9.02. The molecule has 164 valence electrons. The normalized spacial score (nSPS) is 19.0. The minimum Gasteiger partial charge on any atom is -0.436 e. The van der Waals surface area contributed by atoms with Crippen molar-refractivity contribution in [3.05, 3.63) is 48.8 Å². The lowest BCUT2D eigenvalue weighted by Gasteiger charge is -2.18. The molecule has 1 fully saturated rings. The molecule has 0 radical (unpaired) electrons. The fourth-order valence-electron chi connectivity index (χ4n) is 4.37. The van der Waals surface area contributed by atoms with Crippen molar-refractivity contribution in [2.75, 3.05) is 0 Å². The van der Waals surface area contributed by atoms with E-state index in [-0.39, 0.29) is 18.0 Å². The highest BCUT2D eigenvalue weighted by atomic mass is 16.3. The number of pyridine rings is 1. The molecule has 1 saturated carbocycles. The average molecular weight is 431 g/mol. The number of oxazole rings is 1. The largest absolute Gasteiger partial charge is 0.436 e. The monoisotopic (exact) mass is 430 g/mol. The third kappa shape index (κ3) is 4.12. The molecule has 4 aromatic rings. The summed E-state index contributed by atoms with van der Waals surface area (Å²) in [6, 6.07) is 12.1. The Balaban J connectivity index is 1.33. The summed E-state index contributed by atoms with van der Waals surface area (Å²) in [5.74, 6) is 0.680. The Kier molecular flexibility index (Phi) is 5.66. The molecule has 8 heteroatoms. The Morgan fingerprint density at radius 1 is 1.12 bits per heavy atom. The van der Waals surface area contributed by atoms with Gasteiger partial charge in [-0.2, -0.15) is 0 Å². The van der Waals surface area contributed by atoms with Gasteiger partial charge in [-0.1, -0.05) is 24.3 Å². The van der Waals surface area contributed by atoms with Gasteiger partial charge in [-0.25, -0.2) is 9.67 Å². The topological polar surface area (TPSA) is 98.7 Å². The highest BCUT2D eigenvalue weighted by Gasteiger charge is 2.24. The van der Waals surface area contributed by atoms with Crippen LogP contribution in [-0.4, -0.2) is 36.9 Å².